The lowest BCUT2D eigenvalue weighted by Gasteiger charge is -2.49. The normalized spacial score (nSPS) is 23.3. The molecule has 0 aromatic carbocycles. The van der Waals surface area contributed by atoms with Crippen LogP contribution in [0.5, 0.6) is 0 Å². The number of fused-ring (bicyclic) bond motifs is 1. The number of pyridine rings is 1. The van der Waals surface area contributed by atoms with Crippen molar-refractivity contribution in [2.24, 2.45) is 5.16 Å². The van der Waals surface area contributed by atoms with Gasteiger partial charge in [-0.2, -0.15) is 9.36 Å². The molecule has 5 heterocycles. The van der Waals surface area contributed by atoms with E-state index in [9.17, 15) is 24.3 Å². The minimum atomic E-state index is -1.23. The molecule has 3 aliphatic rings. The van der Waals surface area contributed by atoms with E-state index in [-0.39, 0.29) is 35.4 Å². The highest BCUT2D eigenvalue weighted by Crippen LogP contribution is 2.40. The summed E-state index contributed by atoms with van der Waals surface area (Å²) >= 11 is 2.16. The molecule has 3 atom stereocenters. The van der Waals surface area contributed by atoms with Gasteiger partial charge in [-0.3, -0.25) is 14.5 Å². The molecule has 2 fully saturated rings. The predicted molar refractivity (Wildman–Crippen MR) is 128 cm³/mol. The van der Waals surface area contributed by atoms with Gasteiger partial charge in [-0.25, -0.2) is 14.2 Å². The molecule has 2 aromatic heterocycles. The largest absolute Gasteiger partial charge is 0.477 e. The number of nitrogen functional groups attached to an aromatic ring is 1. The summed E-state index contributed by atoms with van der Waals surface area (Å²) in [5.41, 5.74) is 5.73. The number of aromatic nitrogens is 3. The minimum Gasteiger partial charge on any atom is -0.477 e. The molecule has 5 rings (SSSR count). The second kappa shape index (κ2) is 10.1. The summed E-state index contributed by atoms with van der Waals surface area (Å²) in [6.07, 6.45) is 2.87. The monoisotopic (exact) mass is 546 g/mol. The van der Waals surface area contributed by atoms with Crippen LogP contribution in [0.25, 0.3) is 0 Å². The summed E-state index contributed by atoms with van der Waals surface area (Å²) in [7, 11) is 0. The van der Waals surface area contributed by atoms with Crippen molar-refractivity contribution < 1.29 is 38.4 Å². The van der Waals surface area contributed by atoms with Crippen LogP contribution in [0.2, 0.25) is 0 Å². The zero-order valence-electron chi connectivity index (χ0n) is 19.0. The van der Waals surface area contributed by atoms with Crippen molar-refractivity contribution in [3.05, 3.63) is 47.7 Å². The average Bonchev–Trinajstić information content (AvgIpc) is 3.50. The number of carboxylic acid groups (broad SMARTS) is 1. The van der Waals surface area contributed by atoms with E-state index in [0.29, 0.717) is 17.9 Å². The fourth-order valence-electron chi connectivity index (χ4n) is 3.98. The van der Waals surface area contributed by atoms with E-state index in [1.54, 1.807) is 12.4 Å². The molecule has 4 N–H and O–H groups in total. The number of rotatable bonds is 8. The Morgan fingerprint density at radius 2 is 2.11 bits per heavy atom. The van der Waals surface area contributed by atoms with Crippen molar-refractivity contribution >= 4 is 57.9 Å². The molecular formula is C21H20N7O7S2+. The van der Waals surface area contributed by atoms with Gasteiger partial charge in [-0.1, -0.05) is 11.2 Å². The lowest BCUT2D eigenvalue weighted by Crippen LogP contribution is -2.71. The molecule has 37 heavy (non-hydrogen) atoms. The summed E-state index contributed by atoms with van der Waals surface area (Å²) in [4.78, 5) is 60.2. The molecule has 0 spiro atoms. The molecular weight excluding hydrogens is 526 g/mol. The number of nitrogens with one attached hydrogen (secondary N) is 1. The third-order valence-corrected chi connectivity index (χ3v) is 7.60. The molecule has 0 saturated carbocycles. The van der Waals surface area contributed by atoms with E-state index in [4.69, 9.17) is 15.3 Å². The van der Waals surface area contributed by atoms with E-state index in [2.05, 4.69) is 19.8 Å². The van der Waals surface area contributed by atoms with Gasteiger partial charge in [0.1, 0.15) is 17.1 Å². The lowest BCUT2D eigenvalue weighted by molar-refractivity contribution is -0.689. The number of nitrogens with zero attached hydrogens (tertiary/aromatic N) is 5. The Kier molecular flexibility index (Phi) is 6.75. The first-order chi connectivity index (χ1) is 17.8. The fraction of sp³-hybridized carbons (Fsp3) is 0.333. The molecule has 14 nitrogen and oxygen atoms in total. The van der Waals surface area contributed by atoms with Gasteiger partial charge in [-0.05, 0) is 0 Å². The Bertz CT molecular complexity index is 1330. The number of β-lactam (4-membered cyclic amide) rings is 1. The molecule has 2 unspecified atom stereocenters. The molecule has 2 amide bonds. The minimum absolute atomic E-state index is 0.0737. The summed E-state index contributed by atoms with van der Waals surface area (Å²) in [5, 5.41) is 15.7. The first-order valence-corrected chi connectivity index (χ1v) is 12.8. The highest BCUT2D eigenvalue weighted by molar-refractivity contribution is 8.00. The number of amides is 2. The molecule has 192 valence electrons. The van der Waals surface area contributed by atoms with Crippen LogP contribution in [0, 0.1) is 0 Å². The molecule has 0 radical (unpaired) electrons. The lowest BCUT2D eigenvalue weighted by atomic mass is 10.0. The van der Waals surface area contributed by atoms with Crippen LogP contribution >= 0.6 is 23.3 Å². The van der Waals surface area contributed by atoms with Crippen molar-refractivity contribution in [3.8, 4) is 0 Å². The molecule has 16 heteroatoms. The van der Waals surface area contributed by atoms with Gasteiger partial charge in [0.15, 0.2) is 24.1 Å². The number of anilines is 1. The van der Waals surface area contributed by atoms with Gasteiger partial charge in [0.05, 0.1) is 6.61 Å². The molecule has 0 bridgehead atoms. The van der Waals surface area contributed by atoms with E-state index in [0.717, 1.165) is 11.5 Å². The maximum absolute atomic E-state index is 13.1. The van der Waals surface area contributed by atoms with Gasteiger partial charge < -0.3 is 25.7 Å². The zero-order chi connectivity index (χ0) is 26.1. The van der Waals surface area contributed by atoms with Crippen molar-refractivity contribution in [2.75, 3.05) is 18.1 Å². The van der Waals surface area contributed by atoms with Gasteiger partial charge in [0.25, 0.3) is 11.8 Å². The van der Waals surface area contributed by atoms with Gasteiger partial charge in [0, 0.05) is 41.4 Å². The van der Waals surface area contributed by atoms with Crippen LogP contribution < -0.4 is 15.6 Å². The van der Waals surface area contributed by atoms with Crippen LogP contribution in [0.4, 0.5) is 5.13 Å². The van der Waals surface area contributed by atoms with Crippen LogP contribution in [0.3, 0.4) is 0 Å². The number of esters is 1. The number of carbonyl (C=O) groups is 4. The maximum Gasteiger partial charge on any atom is 0.352 e. The highest BCUT2D eigenvalue weighted by atomic mass is 32.2. The maximum atomic E-state index is 13.1. The van der Waals surface area contributed by atoms with E-state index in [1.165, 1.54) is 16.7 Å². The Labute approximate surface area is 217 Å². The number of cyclic esters (lactones) is 1. The van der Waals surface area contributed by atoms with E-state index >= 15 is 0 Å². The SMILES string of the molecule is Nc1nc(C(=NOC2CCOC2=O)C(=O)NC2C(=O)N3C(C(=O)O)=C(C[n+]4ccccc4)CS[C@@H]23)ns1. The van der Waals surface area contributed by atoms with Crippen LogP contribution in [0.15, 0.2) is 47.0 Å². The average molecular weight is 547 g/mol. The van der Waals surface area contributed by atoms with Crippen molar-refractivity contribution in [2.45, 2.75) is 30.5 Å². The third-order valence-electron chi connectivity index (χ3n) is 5.71. The fourth-order valence-corrected chi connectivity index (χ4v) is 5.75. The number of ether oxygens (including phenoxy) is 1. The van der Waals surface area contributed by atoms with Crippen LogP contribution in [-0.2, 0) is 35.3 Å². The van der Waals surface area contributed by atoms with E-state index in [1.807, 2.05) is 22.8 Å². The van der Waals surface area contributed by atoms with Crippen molar-refractivity contribution in [3.63, 3.8) is 0 Å². The van der Waals surface area contributed by atoms with Crippen molar-refractivity contribution in [1.82, 2.24) is 19.6 Å². The smallest absolute Gasteiger partial charge is 0.352 e. The van der Waals surface area contributed by atoms with Crippen LogP contribution in [0.1, 0.15) is 12.2 Å². The van der Waals surface area contributed by atoms with Gasteiger partial charge >= 0.3 is 11.9 Å². The Morgan fingerprint density at radius 1 is 1.32 bits per heavy atom. The number of oxime groups is 1. The second-order valence-corrected chi connectivity index (χ2v) is 10.0. The zero-order valence-corrected chi connectivity index (χ0v) is 20.6. The number of nitrogens with two attached hydrogens (primary N) is 1. The quantitative estimate of drug-likeness (QED) is 0.120. The summed E-state index contributed by atoms with van der Waals surface area (Å²) in [6, 6.07) is 4.47. The molecule has 0 aliphatic carbocycles. The number of hydrogen-bond acceptors (Lipinski definition) is 12. The highest BCUT2D eigenvalue weighted by Gasteiger charge is 2.55. The third kappa shape index (κ3) is 4.84. The summed E-state index contributed by atoms with van der Waals surface area (Å²) in [5.74, 6) is -3.05. The number of carbonyl (C=O) groups excluding carboxylic acids is 3. The first-order valence-electron chi connectivity index (χ1n) is 11.0. The Morgan fingerprint density at radius 3 is 2.76 bits per heavy atom. The van der Waals surface area contributed by atoms with Crippen LogP contribution in [-0.4, -0.2) is 78.7 Å². The molecule has 2 saturated heterocycles. The topological polar surface area (TPSA) is 190 Å². The Balaban J connectivity index is 1.34. The standard InChI is InChI=1S/C21H19N7O7S2/c22-21-24-15(26-37-21)12(25-35-11-4-7-34-20(11)33)16(29)23-13-17(30)28-14(19(31)32)10(9-36-18(13)28)8-27-5-2-1-3-6-27/h1-3,5-6,11,13,18H,4,7-9H2,(H3-,22,23,24,26,29,31,32)/p+1/t11?,13?,18-/m0/s1. The number of hydrogen-bond donors (Lipinski definition) is 3. The Hall–Kier alpha value is -4.05. The van der Waals surface area contributed by atoms with Crippen molar-refractivity contribution in [1.29, 1.82) is 0 Å². The van der Waals surface area contributed by atoms with Gasteiger partial charge in [-0.15, -0.1) is 11.8 Å². The molecule has 2 aromatic rings. The van der Waals surface area contributed by atoms with E-state index < -0.39 is 41.3 Å². The predicted octanol–water partition coefficient (Wildman–Crippen LogP) is -1.12. The summed E-state index contributed by atoms with van der Waals surface area (Å²) < 4.78 is 10.6. The second-order valence-electron chi connectivity index (χ2n) is 8.11. The molecule has 3 aliphatic heterocycles. The number of aliphatic carboxylic acids is 1. The first kappa shape index (κ1) is 24.6. The van der Waals surface area contributed by atoms with Gasteiger partial charge in [0.2, 0.25) is 17.6 Å². The number of thioether (sulfide) groups is 1. The summed E-state index contributed by atoms with van der Waals surface area (Å²) in [6.45, 7) is 0.468. The number of carboxylic acids is 1.